The first-order chi connectivity index (χ1) is 8.29. The molecule has 1 nitrogen and oxygen atoms in total. The summed E-state index contributed by atoms with van der Waals surface area (Å²) in [5.41, 5.74) is 1.36. The van der Waals surface area contributed by atoms with Crippen LogP contribution in [0.25, 0.3) is 0 Å². The van der Waals surface area contributed by atoms with E-state index in [2.05, 4.69) is 24.4 Å². The second kappa shape index (κ2) is 6.42. The van der Waals surface area contributed by atoms with E-state index in [1.54, 1.807) is 0 Å². The van der Waals surface area contributed by atoms with Gasteiger partial charge in [0.15, 0.2) is 0 Å². The quantitative estimate of drug-likeness (QED) is 0.817. The zero-order valence-corrected chi connectivity index (χ0v) is 11.3. The molecule has 94 valence electrons. The maximum atomic E-state index is 5.93. The molecule has 1 atom stereocenters. The van der Waals surface area contributed by atoms with Crippen LogP contribution in [0.15, 0.2) is 24.3 Å². The Labute approximate surface area is 110 Å². The van der Waals surface area contributed by atoms with E-state index in [0.29, 0.717) is 12.1 Å². The van der Waals surface area contributed by atoms with Crippen LogP contribution in [0.1, 0.15) is 57.1 Å². The van der Waals surface area contributed by atoms with Gasteiger partial charge in [0, 0.05) is 17.1 Å². The molecule has 1 aliphatic carbocycles. The van der Waals surface area contributed by atoms with Gasteiger partial charge < -0.3 is 5.32 Å². The Kier molecular flexibility index (Phi) is 4.87. The van der Waals surface area contributed by atoms with Crippen LogP contribution in [0, 0.1) is 0 Å². The van der Waals surface area contributed by atoms with Gasteiger partial charge in [0.25, 0.3) is 0 Å². The number of hydrogen-bond acceptors (Lipinski definition) is 1. The van der Waals surface area contributed by atoms with Crippen molar-refractivity contribution in [3.8, 4) is 0 Å². The highest BCUT2D eigenvalue weighted by atomic mass is 35.5. The Morgan fingerprint density at radius 3 is 2.41 bits per heavy atom. The highest BCUT2D eigenvalue weighted by Crippen LogP contribution is 2.24. The molecule has 1 unspecified atom stereocenters. The first kappa shape index (κ1) is 12.9. The molecule has 0 aromatic heterocycles. The van der Waals surface area contributed by atoms with Gasteiger partial charge in [0.1, 0.15) is 0 Å². The second-order valence-corrected chi connectivity index (χ2v) is 5.45. The maximum Gasteiger partial charge on any atom is 0.0406 e. The molecule has 0 aliphatic heterocycles. The molecule has 17 heavy (non-hydrogen) atoms. The lowest BCUT2D eigenvalue weighted by molar-refractivity contribution is 0.334. The first-order valence-corrected chi connectivity index (χ1v) is 7.19. The monoisotopic (exact) mass is 251 g/mol. The molecule has 2 rings (SSSR count). The molecule has 1 fully saturated rings. The number of hydrogen-bond donors (Lipinski definition) is 1. The van der Waals surface area contributed by atoms with Crippen molar-refractivity contribution in [1.29, 1.82) is 0 Å². The Hall–Kier alpha value is -0.530. The van der Waals surface area contributed by atoms with Crippen molar-refractivity contribution in [3.05, 3.63) is 34.9 Å². The summed E-state index contributed by atoms with van der Waals surface area (Å²) in [6.45, 7) is 2.25. The van der Waals surface area contributed by atoms with E-state index in [-0.39, 0.29) is 0 Å². The lowest BCUT2D eigenvalue weighted by Crippen LogP contribution is -2.34. The summed E-state index contributed by atoms with van der Waals surface area (Å²) in [5, 5.41) is 4.62. The normalized spacial score (nSPS) is 19.2. The fourth-order valence-electron chi connectivity index (χ4n) is 2.70. The van der Waals surface area contributed by atoms with Gasteiger partial charge in [-0.15, -0.1) is 0 Å². The first-order valence-electron chi connectivity index (χ1n) is 6.81. The molecule has 1 N–H and O–H groups in total. The SMILES string of the molecule is CCC(NC1CCCCC1)c1ccc(Cl)cc1. The molecule has 2 heteroatoms. The third-order valence-electron chi connectivity index (χ3n) is 3.72. The van der Waals surface area contributed by atoms with Crippen molar-refractivity contribution < 1.29 is 0 Å². The molecule has 0 saturated heterocycles. The molecule has 0 bridgehead atoms. The van der Waals surface area contributed by atoms with Crippen molar-refractivity contribution in [3.63, 3.8) is 0 Å². The van der Waals surface area contributed by atoms with E-state index in [1.807, 2.05) is 12.1 Å². The highest BCUT2D eigenvalue weighted by molar-refractivity contribution is 6.30. The molecular formula is C15H22ClN. The molecule has 0 spiro atoms. The third-order valence-corrected chi connectivity index (χ3v) is 3.97. The summed E-state index contributed by atoms with van der Waals surface area (Å²) in [7, 11) is 0. The van der Waals surface area contributed by atoms with Gasteiger partial charge in [-0.25, -0.2) is 0 Å². The largest absolute Gasteiger partial charge is 0.307 e. The molecule has 1 aromatic carbocycles. The van der Waals surface area contributed by atoms with Crippen molar-refractivity contribution in [2.24, 2.45) is 0 Å². The fourth-order valence-corrected chi connectivity index (χ4v) is 2.82. The molecule has 0 amide bonds. The summed E-state index contributed by atoms with van der Waals surface area (Å²) in [6.07, 6.45) is 7.99. The van der Waals surface area contributed by atoms with Crippen molar-refractivity contribution >= 4 is 11.6 Å². The van der Waals surface area contributed by atoms with E-state index < -0.39 is 0 Å². The molecule has 0 heterocycles. The van der Waals surface area contributed by atoms with Gasteiger partial charge in [0.05, 0.1) is 0 Å². The second-order valence-electron chi connectivity index (χ2n) is 5.01. The molecule has 1 saturated carbocycles. The number of halogens is 1. The summed E-state index contributed by atoms with van der Waals surface area (Å²) in [5.74, 6) is 0. The van der Waals surface area contributed by atoms with E-state index in [0.717, 1.165) is 11.4 Å². The van der Waals surface area contributed by atoms with E-state index in [1.165, 1.54) is 37.7 Å². The summed E-state index contributed by atoms with van der Waals surface area (Å²) >= 11 is 5.93. The maximum absolute atomic E-state index is 5.93. The molecule has 1 aromatic rings. The number of nitrogens with one attached hydrogen (secondary N) is 1. The number of rotatable bonds is 4. The van der Waals surface area contributed by atoms with Gasteiger partial charge in [-0.2, -0.15) is 0 Å². The summed E-state index contributed by atoms with van der Waals surface area (Å²) in [4.78, 5) is 0. The molecule has 1 aliphatic rings. The van der Waals surface area contributed by atoms with Gasteiger partial charge in [0.2, 0.25) is 0 Å². The Morgan fingerprint density at radius 2 is 1.82 bits per heavy atom. The van der Waals surface area contributed by atoms with Crippen LogP contribution in [0.4, 0.5) is 0 Å². The Balaban J connectivity index is 1.97. The van der Waals surface area contributed by atoms with Gasteiger partial charge >= 0.3 is 0 Å². The minimum absolute atomic E-state index is 0.482. The van der Waals surface area contributed by atoms with Crippen LogP contribution in [-0.2, 0) is 0 Å². The zero-order chi connectivity index (χ0) is 12.1. The third kappa shape index (κ3) is 3.72. The van der Waals surface area contributed by atoms with Crippen molar-refractivity contribution in [2.75, 3.05) is 0 Å². The minimum Gasteiger partial charge on any atom is -0.307 e. The average molecular weight is 252 g/mol. The Morgan fingerprint density at radius 1 is 1.18 bits per heavy atom. The van der Waals surface area contributed by atoms with Crippen LogP contribution in [0.2, 0.25) is 5.02 Å². The van der Waals surface area contributed by atoms with Crippen LogP contribution >= 0.6 is 11.6 Å². The predicted molar refractivity (Wildman–Crippen MR) is 74.5 cm³/mol. The molecular weight excluding hydrogens is 230 g/mol. The number of benzene rings is 1. The van der Waals surface area contributed by atoms with Crippen LogP contribution in [0.3, 0.4) is 0 Å². The van der Waals surface area contributed by atoms with E-state index in [9.17, 15) is 0 Å². The van der Waals surface area contributed by atoms with Gasteiger partial charge in [-0.05, 0) is 37.0 Å². The zero-order valence-electron chi connectivity index (χ0n) is 10.6. The van der Waals surface area contributed by atoms with Crippen LogP contribution < -0.4 is 5.32 Å². The Bertz CT molecular complexity index is 327. The van der Waals surface area contributed by atoms with Crippen LogP contribution in [0.5, 0.6) is 0 Å². The predicted octanol–water partition coefficient (Wildman–Crippen LogP) is 4.71. The van der Waals surface area contributed by atoms with E-state index in [4.69, 9.17) is 11.6 Å². The van der Waals surface area contributed by atoms with Crippen molar-refractivity contribution in [1.82, 2.24) is 5.32 Å². The smallest absolute Gasteiger partial charge is 0.0406 e. The fraction of sp³-hybridized carbons (Fsp3) is 0.600. The van der Waals surface area contributed by atoms with E-state index >= 15 is 0 Å². The topological polar surface area (TPSA) is 12.0 Å². The lowest BCUT2D eigenvalue weighted by atomic mass is 9.93. The summed E-state index contributed by atoms with van der Waals surface area (Å²) < 4.78 is 0. The highest BCUT2D eigenvalue weighted by Gasteiger charge is 2.17. The lowest BCUT2D eigenvalue weighted by Gasteiger charge is -2.28. The standard InChI is InChI=1S/C15H22ClN/c1-2-15(12-8-10-13(16)11-9-12)17-14-6-4-3-5-7-14/h8-11,14-15,17H,2-7H2,1H3. The van der Waals surface area contributed by atoms with Crippen molar-refractivity contribution in [2.45, 2.75) is 57.5 Å². The van der Waals surface area contributed by atoms with Crippen LogP contribution in [-0.4, -0.2) is 6.04 Å². The van der Waals surface area contributed by atoms with Gasteiger partial charge in [-0.1, -0.05) is 49.9 Å². The van der Waals surface area contributed by atoms with Gasteiger partial charge in [-0.3, -0.25) is 0 Å². The summed E-state index contributed by atoms with van der Waals surface area (Å²) in [6, 6.07) is 9.46. The minimum atomic E-state index is 0.482. The molecule has 0 radical (unpaired) electrons. The average Bonchev–Trinajstić information content (AvgIpc) is 2.38.